The van der Waals surface area contributed by atoms with Crippen LogP contribution >= 0.6 is 0 Å². The van der Waals surface area contributed by atoms with Crippen molar-refractivity contribution in [2.75, 3.05) is 0 Å². The molecule has 1 N–H and O–H groups in total. The van der Waals surface area contributed by atoms with Crippen LogP contribution in [0.3, 0.4) is 0 Å². The fourth-order valence-corrected chi connectivity index (χ4v) is 1.84. The summed E-state index contributed by atoms with van der Waals surface area (Å²) in [7, 11) is 0. The highest BCUT2D eigenvalue weighted by atomic mass is 16.7. The van der Waals surface area contributed by atoms with Crippen LogP contribution in [0.15, 0.2) is 60.9 Å². The third-order valence-corrected chi connectivity index (χ3v) is 2.73. The topological polar surface area (TPSA) is 34.2 Å². The molecule has 0 amide bonds. The summed E-state index contributed by atoms with van der Waals surface area (Å²) in [5.74, 6) is 0. The molecule has 1 unspecified atom stereocenters. The van der Waals surface area contributed by atoms with E-state index in [0.29, 0.717) is 0 Å². The van der Waals surface area contributed by atoms with E-state index in [0.717, 1.165) is 16.8 Å². The van der Waals surface area contributed by atoms with Gasteiger partial charge < -0.3 is 0 Å². The van der Waals surface area contributed by atoms with Crippen molar-refractivity contribution in [1.82, 2.24) is 10.5 Å². The highest BCUT2D eigenvalue weighted by Gasteiger charge is 2.18. The van der Waals surface area contributed by atoms with Crippen LogP contribution in [0, 0.1) is 0 Å². The Labute approximate surface area is 99.7 Å². The summed E-state index contributed by atoms with van der Waals surface area (Å²) in [4.78, 5) is 9.54. The molecule has 3 heteroatoms. The molecule has 3 rings (SSSR count). The zero-order valence-corrected chi connectivity index (χ0v) is 9.21. The number of rotatable bonds is 2. The van der Waals surface area contributed by atoms with Gasteiger partial charge in [0.1, 0.15) is 6.10 Å². The molecular formula is C14H12N2O. The monoisotopic (exact) mass is 224 g/mol. The summed E-state index contributed by atoms with van der Waals surface area (Å²) in [5.41, 5.74) is 6.17. The van der Waals surface area contributed by atoms with Gasteiger partial charge in [-0.2, -0.15) is 0 Å². The second-order valence-electron chi connectivity index (χ2n) is 3.87. The summed E-state index contributed by atoms with van der Waals surface area (Å²) in [6, 6.07) is 14.0. The van der Waals surface area contributed by atoms with Crippen LogP contribution in [-0.4, -0.2) is 4.98 Å². The Hall–Kier alpha value is -2.13. The largest absolute Gasteiger partial charge is 0.266 e. The lowest BCUT2D eigenvalue weighted by molar-refractivity contribution is 0.0511. The van der Waals surface area contributed by atoms with Crippen LogP contribution in [0.2, 0.25) is 0 Å². The summed E-state index contributed by atoms with van der Waals surface area (Å²) >= 11 is 0. The maximum absolute atomic E-state index is 5.54. The number of aromatic nitrogens is 1. The number of pyridine rings is 1. The van der Waals surface area contributed by atoms with Gasteiger partial charge in [0.15, 0.2) is 0 Å². The van der Waals surface area contributed by atoms with Crippen LogP contribution in [0.5, 0.6) is 0 Å². The van der Waals surface area contributed by atoms with E-state index in [2.05, 4.69) is 28.7 Å². The Morgan fingerprint density at radius 3 is 2.53 bits per heavy atom. The molecule has 3 nitrogen and oxygen atoms in total. The predicted octanol–water partition coefficient (Wildman–Crippen LogP) is 2.70. The Bertz CT molecular complexity index is 522. The molecule has 84 valence electrons. The first-order chi connectivity index (χ1) is 8.43. The molecule has 1 aliphatic heterocycles. The van der Waals surface area contributed by atoms with Crippen LogP contribution < -0.4 is 5.48 Å². The highest BCUT2D eigenvalue weighted by molar-refractivity contribution is 5.64. The molecule has 2 heterocycles. The summed E-state index contributed by atoms with van der Waals surface area (Å²) in [6.07, 6.45) is 5.59. The van der Waals surface area contributed by atoms with Crippen molar-refractivity contribution < 1.29 is 4.84 Å². The molecule has 0 aliphatic carbocycles. The van der Waals surface area contributed by atoms with Gasteiger partial charge in [0.25, 0.3) is 0 Å². The van der Waals surface area contributed by atoms with E-state index in [4.69, 9.17) is 4.84 Å². The average Bonchev–Trinajstić information content (AvgIpc) is 2.90. The number of hydroxylamine groups is 1. The number of benzene rings is 1. The van der Waals surface area contributed by atoms with Gasteiger partial charge in [0.05, 0.1) is 5.70 Å². The number of hydrogen-bond donors (Lipinski definition) is 1. The minimum absolute atomic E-state index is 0.0284. The molecule has 2 aromatic rings. The number of hydrogen-bond acceptors (Lipinski definition) is 3. The third-order valence-electron chi connectivity index (χ3n) is 2.73. The van der Waals surface area contributed by atoms with Gasteiger partial charge in [-0.1, -0.05) is 30.3 Å². The van der Waals surface area contributed by atoms with Crippen LogP contribution in [0.1, 0.15) is 17.2 Å². The molecule has 0 saturated carbocycles. The van der Waals surface area contributed by atoms with Crippen molar-refractivity contribution in [3.05, 3.63) is 72.1 Å². The van der Waals surface area contributed by atoms with E-state index in [9.17, 15) is 0 Å². The van der Waals surface area contributed by atoms with Gasteiger partial charge in [-0.3, -0.25) is 15.3 Å². The standard InChI is InChI=1S/C14H12N2O/c1-2-4-12(5-3-1)14-10-13(16-17-14)11-6-8-15-9-7-11/h1-10,14,16H. The maximum Gasteiger partial charge on any atom is 0.131 e. The Morgan fingerprint density at radius 1 is 1.00 bits per heavy atom. The normalized spacial score (nSPS) is 18.6. The average molecular weight is 224 g/mol. The first-order valence-electron chi connectivity index (χ1n) is 5.52. The number of nitrogens with one attached hydrogen (secondary N) is 1. The van der Waals surface area contributed by atoms with Gasteiger partial charge in [-0.15, -0.1) is 0 Å². The van der Waals surface area contributed by atoms with Gasteiger partial charge >= 0.3 is 0 Å². The second-order valence-corrected chi connectivity index (χ2v) is 3.87. The molecular weight excluding hydrogens is 212 g/mol. The SMILES string of the molecule is C1=C(c2ccncc2)NOC1c1ccccc1. The van der Waals surface area contributed by atoms with Gasteiger partial charge in [-0.25, -0.2) is 0 Å². The quantitative estimate of drug-likeness (QED) is 0.851. The van der Waals surface area contributed by atoms with Crippen molar-refractivity contribution in [2.45, 2.75) is 6.10 Å². The zero-order valence-electron chi connectivity index (χ0n) is 9.21. The fourth-order valence-electron chi connectivity index (χ4n) is 1.84. The lowest BCUT2D eigenvalue weighted by atomic mass is 10.1. The lowest BCUT2D eigenvalue weighted by Gasteiger charge is -2.06. The smallest absolute Gasteiger partial charge is 0.131 e. The zero-order chi connectivity index (χ0) is 11.5. The fraction of sp³-hybridized carbons (Fsp3) is 0.0714. The second kappa shape index (κ2) is 4.39. The van der Waals surface area contributed by atoms with Crippen molar-refractivity contribution in [2.24, 2.45) is 0 Å². The van der Waals surface area contributed by atoms with Gasteiger partial charge in [-0.05, 0) is 23.8 Å². The predicted molar refractivity (Wildman–Crippen MR) is 65.6 cm³/mol. The molecule has 0 saturated heterocycles. The molecule has 1 aromatic carbocycles. The Balaban J connectivity index is 1.87. The summed E-state index contributed by atoms with van der Waals surface area (Å²) in [5, 5.41) is 0. The van der Waals surface area contributed by atoms with E-state index < -0.39 is 0 Å². The molecule has 1 aromatic heterocycles. The van der Waals surface area contributed by atoms with Crippen LogP contribution in [0.25, 0.3) is 5.70 Å². The van der Waals surface area contributed by atoms with E-state index in [1.807, 2.05) is 30.3 Å². The van der Waals surface area contributed by atoms with E-state index >= 15 is 0 Å². The van der Waals surface area contributed by atoms with Gasteiger partial charge in [0, 0.05) is 18.0 Å². The van der Waals surface area contributed by atoms with Crippen molar-refractivity contribution in [1.29, 1.82) is 0 Å². The van der Waals surface area contributed by atoms with E-state index in [1.54, 1.807) is 12.4 Å². The van der Waals surface area contributed by atoms with Gasteiger partial charge in [0.2, 0.25) is 0 Å². The molecule has 1 aliphatic rings. The lowest BCUT2D eigenvalue weighted by Crippen LogP contribution is -2.07. The third kappa shape index (κ3) is 2.05. The first kappa shape index (κ1) is 10.1. The summed E-state index contributed by atoms with van der Waals surface area (Å²) < 4.78 is 0. The number of nitrogens with zero attached hydrogens (tertiary/aromatic N) is 1. The molecule has 0 bridgehead atoms. The van der Waals surface area contributed by atoms with Crippen molar-refractivity contribution >= 4 is 5.70 Å². The molecule has 0 spiro atoms. The highest BCUT2D eigenvalue weighted by Crippen LogP contribution is 2.27. The van der Waals surface area contributed by atoms with Crippen molar-refractivity contribution in [3.63, 3.8) is 0 Å². The first-order valence-corrected chi connectivity index (χ1v) is 5.52. The Morgan fingerprint density at radius 2 is 1.76 bits per heavy atom. The minimum Gasteiger partial charge on any atom is -0.266 e. The van der Waals surface area contributed by atoms with E-state index in [-0.39, 0.29) is 6.10 Å². The molecule has 17 heavy (non-hydrogen) atoms. The maximum atomic E-state index is 5.54. The Kier molecular flexibility index (Phi) is 2.60. The van der Waals surface area contributed by atoms with E-state index in [1.165, 1.54) is 0 Å². The van der Waals surface area contributed by atoms with Crippen LogP contribution in [-0.2, 0) is 4.84 Å². The molecule has 1 atom stereocenters. The molecule has 0 radical (unpaired) electrons. The summed E-state index contributed by atoms with van der Waals surface area (Å²) in [6.45, 7) is 0. The van der Waals surface area contributed by atoms with Crippen molar-refractivity contribution in [3.8, 4) is 0 Å². The minimum atomic E-state index is -0.0284. The van der Waals surface area contributed by atoms with Crippen LogP contribution in [0.4, 0.5) is 0 Å². The molecule has 0 fully saturated rings.